The number of ether oxygens (including phenoxy) is 1. The van der Waals surface area contributed by atoms with Gasteiger partial charge in [-0.05, 0) is 57.2 Å². The van der Waals surface area contributed by atoms with Crippen LogP contribution in [0.4, 0.5) is 0 Å². The van der Waals surface area contributed by atoms with Gasteiger partial charge in [-0.15, -0.1) is 0 Å². The van der Waals surface area contributed by atoms with Crippen LogP contribution in [0.5, 0.6) is 0 Å². The van der Waals surface area contributed by atoms with E-state index < -0.39 is 0 Å². The summed E-state index contributed by atoms with van der Waals surface area (Å²) in [6.07, 6.45) is 3.93. The van der Waals surface area contributed by atoms with Gasteiger partial charge in [0.1, 0.15) is 5.78 Å². The third kappa shape index (κ3) is 4.47. The SMILES string of the molecule is Cc1cc(C(=O)COC(=O)C2CC3CCCC(C2)C3=O)c(C)n1Cc1ccccc1Cl. The molecule has 0 radical (unpaired) electrons. The minimum atomic E-state index is -0.345. The van der Waals surface area contributed by atoms with Crippen LogP contribution in [0.1, 0.15) is 59.4 Å². The molecule has 2 unspecified atom stereocenters. The highest BCUT2D eigenvalue weighted by molar-refractivity contribution is 6.31. The zero-order valence-corrected chi connectivity index (χ0v) is 18.8. The van der Waals surface area contributed by atoms with Gasteiger partial charge in [-0.25, -0.2) is 0 Å². The summed E-state index contributed by atoms with van der Waals surface area (Å²) < 4.78 is 7.46. The minimum Gasteiger partial charge on any atom is -0.457 e. The number of nitrogens with zero attached hydrogens (tertiary/aromatic N) is 1. The molecular formula is C25H28ClNO4. The van der Waals surface area contributed by atoms with E-state index in [1.165, 1.54) is 0 Å². The lowest BCUT2D eigenvalue weighted by Crippen LogP contribution is -2.39. The molecule has 1 aromatic heterocycles. The molecule has 1 aromatic carbocycles. The first-order chi connectivity index (χ1) is 14.8. The number of carbonyl (C=O) groups is 3. The fraction of sp³-hybridized carbons (Fsp3) is 0.480. The second kappa shape index (κ2) is 8.99. The second-order valence-corrected chi connectivity index (χ2v) is 9.30. The molecule has 6 heteroatoms. The third-order valence-electron chi connectivity index (χ3n) is 6.89. The first-order valence-corrected chi connectivity index (χ1v) is 11.4. The number of Topliss-reactive ketones (excluding diaryl/α,β-unsaturated/α-hetero) is 2. The molecule has 2 aromatic rings. The summed E-state index contributed by atoms with van der Waals surface area (Å²) in [5, 5.41) is 0.688. The van der Waals surface area contributed by atoms with Gasteiger partial charge < -0.3 is 9.30 Å². The van der Waals surface area contributed by atoms with E-state index in [0.717, 1.165) is 36.2 Å². The number of halogens is 1. The van der Waals surface area contributed by atoms with Crippen molar-refractivity contribution in [2.45, 2.75) is 52.5 Å². The lowest BCUT2D eigenvalue weighted by atomic mass is 9.67. The van der Waals surface area contributed by atoms with E-state index in [1.54, 1.807) is 0 Å². The third-order valence-corrected chi connectivity index (χ3v) is 7.26. The molecule has 0 amide bonds. The highest BCUT2D eigenvalue weighted by Gasteiger charge is 2.41. The molecule has 0 saturated heterocycles. The molecular weight excluding hydrogens is 414 g/mol. The van der Waals surface area contributed by atoms with Crippen LogP contribution < -0.4 is 0 Å². The van der Waals surface area contributed by atoms with E-state index in [1.807, 2.05) is 48.7 Å². The monoisotopic (exact) mass is 441 g/mol. The van der Waals surface area contributed by atoms with Gasteiger partial charge in [0.05, 0.1) is 5.92 Å². The summed E-state index contributed by atoms with van der Waals surface area (Å²) in [7, 11) is 0. The number of aryl methyl sites for hydroxylation is 1. The standard InChI is InChI=1S/C25H28ClNO4/c1-15-10-21(16(2)27(15)13-19-6-3-4-9-22(19)26)23(28)14-31-25(30)20-11-17-7-5-8-18(12-20)24(17)29/h3-4,6,9-10,17-18,20H,5,7-8,11-14H2,1-2H3. The molecule has 164 valence electrons. The van der Waals surface area contributed by atoms with Crippen molar-refractivity contribution in [1.29, 1.82) is 0 Å². The van der Waals surface area contributed by atoms with Gasteiger partial charge in [-0.3, -0.25) is 14.4 Å². The minimum absolute atomic E-state index is 0.00973. The zero-order valence-electron chi connectivity index (χ0n) is 18.0. The first kappa shape index (κ1) is 21.8. The lowest BCUT2D eigenvalue weighted by molar-refractivity contribution is -0.152. The van der Waals surface area contributed by atoms with Gasteiger partial charge in [0.25, 0.3) is 0 Å². The summed E-state index contributed by atoms with van der Waals surface area (Å²) in [4.78, 5) is 37.7. The summed E-state index contributed by atoms with van der Waals surface area (Å²) in [5.41, 5.74) is 3.32. The zero-order chi connectivity index (χ0) is 22.1. The molecule has 5 nitrogen and oxygen atoms in total. The highest BCUT2D eigenvalue weighted by Crippen LogP contribution is 2.40. The van der Waals surface area contributed by atoms with Crippen LogP contribution in [-0.4, -0.2) is 28.7 Å². The van der Waals surface area contributed by atoms with Gasteiger partial charge in [0.2, 0.25) is 5.78 Å². The molecule has 0 aliphatic heterocycles. The maximum Gasteiger partial charge on any atom is 0.309 e. The van der Waals surface area contributed by atoms with Gasteiger partial charge in [-0.2, -0.15) is 0 Å². The van der Waals surface area contributed by atoms with E-state index in [4.69, 9.17) is 16.3 Å². The van der Waals surface area contributed by atoms with Crippen molar-refractivity contribution in [2.75, 3.05) is 6.61 Å². The van der Waals surface area contributed by atoms with E-state index in [9.17, 15) is 14.4 Å². The van der Waals surface area contributed by atoms with Crippen LogP contribution in [0.3, 0.4) is 0 Å². The van der Waals surface area contributed by atoms with Crippen LogP contribution in [0, 0.1) is 31.6 Å². The van der Waals surface area contributed by atoms with Gasteiger partial charge in [0.15, 0.2) is 6.61 Å². The van der Waals surface area contributed by atoms with Crippen molar-refractivity contribution in [3.05, 3.63) is 57.9 Å². The number of carbonyl (C=O) groups excluding carboxylic acids is 3. The number of aromatic nitrogens is 1. The van der Waals surface area contributed by atoms with E-state index >= 15 is 0 Å². The highest BCUT2D eigenvalue weighted by atomic mass is 35.5. The summed E-state index contributed by atoms with van der Waals surface area (Å²) in [6, 6.07) is 9.48. The predicted octanol–water partition coefficient (Wildman–Crippen LogP) is 4.93. The van der Waals surface area contributed by atoms with Gasteiger partial charge in [0, 0.05) is 40.4 Å². The fourth-order valence-corrected chi connectivity index (χ4v) is 5.32. The molecule has 2 aliphatic rings. The number of esters is 1. The van der Waals surface area contributed by atoms with E-state index in [0.29, 0.717) is 35.8 Å². The van der Waals surface area contributed by atoms with Crippen molar-refractivity contribution in [1.82, 2.24) is 4.57 Å². The fourth-order valence-electron chi connectivity index (χ4n) is 5.13. The molecule has 0 spiro atoms. The van der Waals surface area contributed by atoms with Crippen molar-refractivity contribution in [3.63, 3.8) is 0 Å². The average molecular weight is 442 g/mol. The average Bonchev–Trinajstić information content (AvgIpc) is 3.01. The number of hydrogen-bond acceptors (Lipinski definition) is 4. The second-order valence-electron chi connectivity index (χ2n) is 8.89. The largest absolute Gasteiger partial charge is 0.457 e. The summed E-state index contributed by atoms with van der Waals surface area (Å²) in [5.74, 6) is -0.527. The Hall–Kier alpha value is -2.40. The maximum absolute atomic E-state index is 12.8. The Labute approximate surface area is 187 Å². The Morgan fingerprint density at radius 1 is 1.13 bits per heavy atom. The van der Waals surface area contributed by atoms with Crippen LogP contribution in [0.2, 0.25) is 5.02 Å². The Balaban J connectivity index is 1.39. The molecule has 2 aliphatic carbocycles. The van der Waals surface area contributed by atoms with Crippen molar-refractivity contribution in [3.8, 4) is 0 Å². The Kier molecular flexibility index (Phi) is 6.33. The molecule has 4 rings (SSSR count). The van der Waals surface area contributed by atoms with Crippen molar-refractivity contribution in [2.24, 2.45) is 17.8 Å². The van der Waals surface area contributed by atoms with Crippen LogP contribution >= 0.6 is 11.6 Å². The molecule has 1 heterocycles. The Bertz CT molecular complexity index is 1010. The number of ketones is 2. The van der Waals surface area contributed by atoms with Gasteiger partial charge >= 0.3 is 5.97 Å². The molecule has 2 atom stereocenters. The van der Waals surface area contributed by atoms with E-state index in [-0.39, 0.29) is 36.1 Å². The maximum atomic E-state index is 12.8. The normalized spacial score (nSPS) is 22.9. The lowest BCUT2D eigenvalue weighted by Gasteiger charge is -2.36. The quantitative estimate of drug-likeness (QED) is 0.471. The van der Waals surface area contributed by atoms with Gasteiger partial charge in [-0.1, -0.05) is 36.2 Å². The smallest absolute Gasteiger partial charge is 0.309 e. The number of hydrogen-bond donors (Lipinski definition) is 0. The van der Waals surface area contributed by atoms with Crippen LogP contribution in [0.25, 0.3) is 0 Å². The van der Waals surface area contributed by atoms with Crippen molar-refractivity contribution < 1.29 is 19.1 Å². The number of rotatable bonds is 6. The Morgan fingerprint density at radius 3 is 2.48 bits per heavy atom. The Morgan fingerprint density at radius 2 is 1.81 bits per heavy atom. The number of fused-ring (bicyclic) bond motifs is 2. The molecule has 2 saturated carbocycles. The molecule has 31 heavy (non-hydrogen) atoms. The van der Waals surface area contributed by atoms with Crippen molar-refractivity contribution >= 4 is 29.1 Å². The molecule has 0 N–H and O–H groups in total. The topological polar surface area (TPSA) is 65.4 Å². The number of benzene rings is 1. The summed E-state index contributed by atoms with van der Waals surface area (Å²) >= 11 is 6.29. The van der Waals surface area contributed by atoms with Crippen LogP contribution in [0.15, 0.2) is 30.3 Å². The first-order valence-electron chi connectivity index (χ1n) is 11.0. The summed E-state index contributed by atoms with van der Waals surface area (Å²) in [6.45, 7) is 4.15. The molecule has 2 fully saturated rings. The predicted molar refractivity (Wildman–Crippen MR) is 118 cm³/mol. The molecule has 2 bridgehead atoms. The van der Waals surface area contributed by atoms with Crippen LogP contribution in [-0.2, 0) is 20.9 Å². The van der Waals surface area contributed by atoms with E-state index in [2.05, 4.69) is 0 Å².